The van der Waals surface area contributed by atoms with Gasteiger partial charge < -0.3 is 5.73 Å². The van der Waals surface area contributed by atoms with Gasteiger partial charge in [0.05, 0.1) is 0 Å². The molecule has 2 N–H and O–H groups in total. The molecule has 2 heteroatoms. The Morgan fingerprint density at radius 2 is 1.85 bits per heavy atom. The van der Waals surface area contributed by atoms with E-state index in [0.717, 1.165) is 13.0 Å². The average molecular weight is 186 g/mol. The fourth-order valence-corrected chi connectivity index (χ4v) is 1.92. The molecule has 0 saturated heterocycles. The Bertz CT molecular complexity index is 113. The van der Waals surface area contributed by atoms with Crippen LogP contribution < -0.4 is 5.73 Å². The molecular formula is C11H26N2. The SMILES string of the molecule is CCCN(C(C)C)C(CC)CCN. The van der Waals surface area contributed by atoms with Gasteiger partial charge in [0.15, 0.2) is 0 Å². The number of hydrogen-bond donors (Lipinski definition) is 1. The lowest BCUT2D eigenvalue weighted by molar-refractivity contribution is 0.143. The topological polar surface area (TPSA) is 29.3 Å². The van der Waals surface area contributed by atoms with E-state index in [2.05, 4.69) is 32.6 Å². The highest BCUT2D eigenvalue weighted by Gasteiger charge is 2.17. The molecule has 0 aliphatic rings. The van der Waals surface area contributed by atoms with Crippen LogP contribution in [0.15, 0.2) is 0 Å². The van der Waals surface area contributed by atoms with Crippen LogP contribution in [-0.4, -0.2) is 30.1 Å². The maximum Gasteiger partial charge on any atom is 0.0107 e. The first-order chi connectivity index (χ1) is 6.17. The van der Waals surface area contributed by atoms with Crippen molar-refractivity contribution in [1.82, 2.24) is 4.90 Å². The molecule has 0 aliphatic heterocycles. The van der Waals surface area contributed by atoms with Gasteiger partial charge in [-0.25, -0.2) is 0 Å². The van der Waals surface area contributed by atoms with Gasteiger partial charge >= 0.3 is 0 Å². The highest BCUT2D eigenvalue weighted by molar-refractivity contribution is 4.73. The minimum absolute atomic E-state index is 0.649. The average Bonchev–Trinajstić information content (AvgIpc) is 2.10. The van der Waals surface area contributed by atoms with E-state index in [0.29, 0.717) is 12.1 Å². The number of rotatable bonds is 7. The van der Waals surface area contributed by atoms with Gasteiger partial charge in [-0.2, -0.15) is 0 Å². The van der Waals surface area contributed by atoms with Gasteiger partial charge in [0.2, 0.25) is 0 Å². The normalized spacial score (nSPS) is 14.1. The van der Waals surface area contributed by atoms with E-state index >= 15 is 0 Å². The lowest BCUT2D eigenvalue weighted by atomic mass is 10.1. The summed E-state index contributed by atoms with van der Waals surface area (Å²) in [6, 6.07) is 1.33. The van der Waals surface area contributed by atoms with E-state index in [9.17, 15) is 0 Å². The molecule has 1 unspecified atom stereocenters. The van der Waals surface area contributed by atoms with Gasteiger partial charge in [-0.1, -0.05) is 13.8 Å². The summed E-state index contributed by atoms with van der Waals surface area (Å²) in [5, 5.41) is 0. The molecule has 0 aromatic heterocycles. The first-order valence-corrected chi connectivity index (χ1v) is 5.63. The van der Waals surface area contributed by atoms with Crippen LogP contribution in [0.2, 0.25) is 0 Å². The van der Waals surface area contributed by atoms with Crippen LogP contribution in [0.5, 0.6) is 0 Å². The molecule has 0 aromatic rings. The maximum absolute atomic E-state index is 5.61. The minimum Gasteiger partial charge on any atom is -0.330 e. The Kier molecular flexibility index (Phi) is 7.29. The molecule has 1 atom stereocenters. The molecule has 0 saturated carbocycles. The van der Waals surface area contributed by atoms with Gasteiger partial charge in [0, 0.05) is 12.1 Å². The Morgan fingerprint density at radius 1 is 1.23 bits per heavy atom. The lowest BCUT2D eigenvalue weighted by Crippen LogP contribution is -2.41. The van der Waals surface area contributed by atoms with Crippen molar-refractivity contribution in [3.8, 4) is 0 Å². The molecule has 0 aliphatic carbocycles. The Balaban J connectivity index is 4.11. The van der Waals surface area contributed by atoms with Crippen LogP contribution >= 0.6 is 0 Å². The molecule has 0 amide bonds. The quantitative estimate of drug-likeness (QED) is 0.660. The highest BCUT2D eigenvalue weighted by Crippen LogP contribution is 2.12. The fraction of sp³-hybridized carbons (Fsp3) is 1.00. The summed E-state index contributed by atoms with van der Waals surface area (Å²) in [6.07, 6.45) is 3.59. The molecule has 0 rings (SSSR count). The molecule has 0 fully saturated rings. The van der Waals surface area contributed by atoms with Gasteiger partial charge in [-0.15, -0.1) is 0 Å². The van der Waals surface area contributed by atoms with E-state index in [4.69, 9.17) is 5.73 Å². The fourth-order valence-electron chi connectivity index (χ4n) is 1.92. The van der Waals surface area contributed by atoms with Gasteiger partial charge in [0.1, 0.15) is 0 Å². The van der Waals surface area contributed by atoms with Gasteiger partial charge in [-0.3, -0.25) is 4.90 Å². The Morgan fingerprint density at radius 3 is 2.15 bits per heavy atom. The number of nitrogens with zero attached hydrogens (tertiary/aromatic N) is 1. The summed E-state index contributed by atoms with van der Waals surface area (Å²) in [5.41, 5.74) is 5.61. The zero-order valence-electron chi connectivity index (χ0n) is 9.71. The molecule has 80 valence electrons. The van der Waals surface area contributed by atoms with Gasteiger partial charge in [0.25, 0.3) is 0 Å². The van der Waals surface area contributed by atoms with Crippen LogP contribution in [0.1, 0.15) is 47.0 Å². The molecule has 0 heterocycles. The summed E-state index contributed by atoms with van der Waals surface area (Å²) in [5.74, 6) is 0. The zero-order valence-corrected chi connectivity index (χ0v) is 9.71. The van der Waals surface area contributed by atoms with Crippen molar-refractivity contribution < 1.29 is 0 Å². The second-order valence-electron chi connectivity index (χ2n) is 3.97. The van der Waals surface area contributed by atoms with E-state index in [1.54, 1.807) is 0 Å². The maximum atomic E-state index is 5.61. The second kappa shape index (κ2) is 7.34. The first-order valence-electron chi connectivity index (χ1n) is 5.63. The predicted molar refractivity (Wildman–Crippen MR) is 59.9 cm³/mol. The van der Waals surface area contributed by atoms with Crippen molar-refractivity contribution in [2.75, 3.05) is 13.1 Å². The largest absolute Gasteiger partial charge is 0.330 e. The van der Waals surface area contributed by atoms with Crippen molar-refractivity contribution in [1.29, 1.82) is 0 Å². The summed E-state index contributed by atoms with van der Waals surface area (Å²) in [6.45, 7) is 11.1. The molecule has 13 heavy (non-hydrogen) atoms. The van der Waals surface area contributed by atoms with Crippen molar-refractivity contribution >= 4 is 0 Å². The summed E-state index contributed by atoms with van der Waals surface area (Å²) >= 11 is 0. The van der Waals surface area contributed by atoms with Crippen LogP contribution in [0.4, 0.5) is 0 Å². The van der Waals surface area contributed by atoms with E-state index in [1.807, 2.05) is 0 Å². The predicted octanol–water partition coefficient (Wildman–Crippen LogP) is 2.23. The van der Waals surface area contributed by atoms with Crippen molar-refractivity contribution in [3.63, 3.8) is 0 Å². The highest BCUT2D eigenvalue weighted by atomic mass is 15.2. The van der Waals surface area contributed by atoms with Crippen LogP contribution in [0.3, 0.4) is 0 Å². The second-order valence-corrected chi connectivity index (χ2v) is 3.97. The molecule has 0 aromatic carbocycles. The summed E-state index contributed by atoms with van der Waals surface area (Å²) in [7, 11) is 0. The smallest absolute Gasteiger partial charge is 0.0107 e. The van der Waals surface area contributed by atoms with Crippen LogP contribution in [0, 0.1) is 0 Å². The number of nitrogens with two attached hydrogens (primary N) is 1. The molecule has 2 nitrogen and oxygen atoms in total. The molecule has 0 radical (unpaired) electrons. The zero-order chi connectivity index (χ0) is 10.3. The molecular weight excluding hydrogens is 160 g/mol. The van der Waals surface area contributed by atoms with Gasteiger partial charge in [-0.05, 0) is 46.2 Å². The molecule has 0 spiro atoms. The number of hydrogen-bond acceptors (Lipinski definition) is 2. The Hall–Kier alpha value is -0.0800. The van der Waals surface area contributed by atoms with E-state index in [1.165, 1.54) is 19.4 Å². The third-order valence-electron chi connectivity index (χ3n) is 2.59. The van der Waals surface area contributed by atoms with Crippen molar-refractivity contribution in [2.45, 2.75) is 59.0 Å². The monoisotopic (exact) mass is 186 g/mol. The lowest BCUT2D eigenvalue weighted by Gasteiger charge is -2.34. The first kappa shape index (κ1) is 12.9. The third-order valence-corrected chi connectivity index (χ3v) is 2.59. The van der Waals surface area contributed by atoms with Crippen LogP contribution in [-0.2, 0) is 0 Å². The third kappa shape index (κ3) is 4.63. The standard InChI is InChI=1S/C11H26N2/c1-5-9-13(10(3)4)11(6-2)7-8-12/h10-11H,5-9,12H2,1-4H3. The van der Waals surface area contributed by atoms with Crippen LogP contribution in [0.25, 0.3) is 0 Å². The molecule has 0 bridgehead atoms. The van der Waals surface area contributed by atoms with Crippen molar-refractivity contribution in [3.05, 3.63) is 0 Å². The Labute approximate surface area is 83.5 Å². The minimum atomic E-state index is 0.649. The summed E-state index contributed by atoms with van der Waals surface area (Å²) < 4.78 is 0. The summed E-state index contributed by atoms with van der Waals surface area (Å²) in [4.78, 5) is 2.58. The van der Waals surface area contributed by atoms with Crippen molar-refractivity contribution in [2.24, 2.45) is 5.73 Å². The van der Waals surface area contributed by atoms with E-state index < -0.39 is 0 Å². The van der Waals surface area contributed by atoms with E-state index in [-0.39, 0.29) is 0 Å².